The van der Waals surface area contributed by atoms with Crippen LogP contribution in [0.5, 0.6) is 0 Å². The molecule has 2 saturated heterocycles. The average Bonchev–Trinajstić information content (AvgIpc) is 3.24. The Hall–Kier alpha value is -2.63. The van der Waals surface area contributed by atoms with E-state index in [1.807, 2.05) is 24.4 Å². The predicted molar refractivity (Wildman–Crippen MR) is 85.9 cm³/mol. The van der Waals surface area contributed by atoms with Crippen molar-refractivity contribution in [1.82, 2.24) is 25.1 Å². The van der Waals surface area contributed by atoms with Crippen LogP contribution < -0.4 is 0 Å². The van der Waals surface area contributed by atoms with Gasteiger partial charge in [0.2, 0.25) is 0 Å². The van der Waals surface area contributed by atoms with Crippen molar-refractivity contribution in [3.8, 4) is 11.3 Å². The maximum absolute atomic E-state index is 12.8. The summed E-state index contributed by atoms with van der Waals surface area (Å²) < 4.78 is 0. The van der Waals surface area contributed by atoms with Crippen LogP contribution in [0.15, 0.2) is 30.6 Å². The Bertz CT molecular complexity index is 868. The van der Waals surface area contributed by atoms with E-state index in [0.29, 0.717) is 17.8 Å². The normalized spacial score (nSPS) is 23.0. The van der Waals surface area contributed by atoms with Crippen LogP contribution in [0.25, 0.3) is 22.3 Å². The van der Waals surface area contributed by atoms with Crippen molar-refractivity contribution >= 4 is 16.9 Å². The lowest BCUT2D eigenvalue weighted by molar-refractivity contribution is -0.0120. The Morgan fingerprint density at radius 3 is 2.87 bits per heavy atom. The fraction of sp³-hybridized carbons (Fsp3) is 0.353. The number of nitrogens with one attached hydrogen (secondary N) is 2. The van der Waals surface area contributed by atoms with Gasteiger partial charge in [0.1, 0.15) is 11.3 Å². The van der Waals surface area contributed by atoms with Gasteiger partial charge in [0.05, 0.1) is 11.9 Å². The number of carbonyl (C=O) groups is 1. The first-order chi connectivity index (χ1) is 11.3. The van der Waals surface area contributed by atoms with Gasteiger partial charge in [0, 0.05) is 29.2 Å². The number of hydrogen-bond acceptors (Lipinski definition) is 3. The van der Waals surface area contributed by atoms with Crippen molar-refractivity contribution in [1.29, 1.82) is 0 Å². The molecule has 2 atom stereocenters. The number of aromatic amines is 2. The van der Waals surface area contributed by atoms with E-state index >= 15 is 0 Å². The Kier molecular flexibility index (Phi) is 2.62. The molecule has 23 heavy (non-hydrogen) atoms. The Balaban J connectivity index is 1.49. The molecule has 2 aliphatic rings. The number of pyridine rings is 1. The van der Waals surface area contributed by atoms with E-state index in [1.54, 1.807) is 6.20 Å². The van der Waals surface area contributed by atoms with Crippen molar-refractivity contribution in [3.05, 3.63) is 36.3 Å². The molecule has 2 fully saturated rings. The van der Waals surface area contributed by atoms with E-state index in [4.69, 9.17) is 0 Å². The van der Waals surface area contributed by atoms with E-state index in [2.05, 4.69) is 25.1 Å². The number of aromatic nitrogens is 4. The molecule has 116 valence electrons. The topological polar surface area (TPSA) is 77.7 Å². The Morgan fingerprint density at radius 2 is 2.13 bits per heavy atom. The molecule has 6 nitrogen and oxygen atoms in total. The van der Waals surface area contributed by atoms with Gasteiger partial charge in [0.25, 0.3) is 5.91 Å². The largest absolute Gasteiger partial charge is 0.335 e. The number of fused-ring (bicyclic) bond motifs is 3. The molecular weight excluding hydrogens is 290 g/mol. The minimum atomic E-state index is 0.119. The summed E-state index contributed by atoms with van der Waals surface area (Å²) in [6, 6.07) is 6.75. The van der Waals surface area contributed by atoms with E-state index < -0.39 is 0 Å². The van der Waals surface area contributed by atoms with Crippen LogP contribution in [-0.4, -0.2) is 43.1 Å². The van der Waals surface area contributed by atoms with Gasteiger partial charge in [-0.25, -0.2) is 4.98 Å². The fourth-order valence-corrected chi connectivity index (χ4v) is 3.95. The van der Waals surface area contributed by atoms with Crippen LogP contribution in [0.1, 0.15) is 36.2 Å². The minimum Gasteiger partial charge on any atom is -0.335 e. The van der Waals surface area contributed by atoms with E-state index in [9.17, 15) is 4.79 Å². The number of amides is 1. The van der Waals surface area contributed by atoms with Crippen LogP contribution in [0.2, 0.25) is 0 Å². The average molecular weight is 307 g/mol. The fourth-order valence-electron chi connectivity index (χ4n) is 3.95. The zero-order valence-corrected chi connectivity index (χ0v) is 12.6. The third-order valence-electron chi connectivity index (χ3n) is 5.14. The van der Waals surface area contributed by atoms with Gasteiger partial charge in [-0.2, -0.15) is 5.10 Å². The summed E-state index contributed by atoms with van der Waals surface area (Å²) in [5.74, 6) is 0.119. The van der Waals surface area contributed by atoms with Crippen LogP contribution in [-0.2, 0) is 0 Å². The molecule has 3 aromatic rings. The number of hydrogen-bond donors (Lipinski definition) is 2. The first-order valence-corrected chi connectivity index (χ1v) is 8.11. The van der Waals surface area contributed by atoms with Gasteiger partial charge in [-0.15, -0.1) is 0 Å². The third-order valence-corrected chi connectivity index (χ3v) is 5.14. The standard InChI is InChI=1S/C17H17N5O/c23-17(22-12-2-1-3-13(22)7-12)15-6-10-4-5-14(20-16(10)21-15)11-8-18-19-9-11/h4-6,8-9,12-13H,1-3,7H2,(H,18,19)(H,20,21). The maximum Gasteiger partial charge on any atom is 0.270 e. The molecule has 2 aliphatic heterocycles. The summed E-state index contributed by atoms with van der Waals surface area (Å²) >= 11 is 0. The minimum absolute atomic E-state index is 0.119. The summed E-state index contributed by atoms with van der Waals surface area (Å²) in [5.41, 5.74) is 3.17. The van der Waals surface area contributed by atoms with Gasteiger partial charge >= 0.3 is 0 Å². The van der Waals surface area contributed by atoms with E-state index in [1.165, 1.54) is 12.8 Å². The molecule has 2 bridgehead atoms. The summed E-state index contributed by atoms with van der Waals surface area (Å²) in [5, 5.41) is 7.71. The number of carbonyl (C=O) groups excluding carboxylic acids is 1. The van der Waals surface area contributed by atoms with Gasteiger partial charge in [-0.05, 0) is 43.9 Å². The molecule has 2 N–H and O–H groups in total. The number of rotatable bonds is 2. The highest BCUT2D eigenvalue weighted by Gasteiger charge is 2.44. The second-order valence-electron chi connectivity index (χ2n) is 6.49. The zero-order valence-electron chi connectivity index (χ0n) is 12.6. The molecule has 0 radical (unpaired) electrons. The van der Waals surface area contributed by atoms with Gasteiger partial charge in [-0.3, -0.25) is 9.89 Å². The molecule has 6 heteroatoms. The highest BCUT2D eigenvalue weighted by Crippen LogP contribution is 2.39. The first kappa shape index (κ1) is 12.9. The SMILES string of the molecule is O=C(c1cc2ccc(-c3cn[nH]c3)nc2[nH]1)N1C2CCCC1C2. The molecule has 0 aromatic carbocycles. The second-order valence-corrected chi connectivity index (χ2v) is 6.49. The summed E-state index contributed by atoms with van der Waals surface area (Å²) in [4.78, 5) is 22.6. The lowest BCUT2D eigenvalue weighted by Gasteiger charge is -2.52. The van der Waals surface area contributed by atoms with Crippen LogP contribution in [0, 0.1) is 0 Å². The van der Waals surface area contributed by atoms with E-state index in [0.717, 1.165) is 35.1 Å². The Morgan fingerprint density at radius 1 is 1.26 bits per heavy atom. The molecule has 5 heterocycles. The van der Waals surface area contributed by atoms with Crippen molar-refractivity contribution in [2.45, 2.75) is 37.8 Å². The monoisotopic (exact) mass is 307 g/mol. The lowest BCUT2D eigenvalue weighted by Crippen LogP contribution is -2.61. The molecule has 0 spiro atoms. The van der Waals surface area contributed by atoms with Gasteiger partial charge < -0.3 is 9.88 Å². The summed E-state index contributed by atoms with van der Waals surface area (Å²) in [6.45, 7) is 0. The third kappa shape index (κ3) is 1.91. The highest BCUT2D eigenvalue weighted by atomic mass is 16.2. The molecule has 2 unspecified atom stereocenters. The summed E-state index contributed by atoms with van der Waals surface area (Å²) in [6.07, 6.45) is 8.27. The molecule has 0 saturated carbocycles. The van der Waals surface area contributed by atoms with Crippen molar-refractivity contribution in [2.75, 3.05) is 0 Å². The molecule has 0 aliphatic carbocycles. The van der Waals surface area contributed by atoms with Gasteiger partial charge in [0.15, 0.2) is 0 Å². The highest BCUT2D eigenvalue weighted by molar-refractivity contribution is 5.98. The quantitative estimate of drug-likeness (QED) is 0.764. The number of piperidine rings is 1. The first-order valence-electron chi connectivity index (χ1n) is 8.11. The molecule has 1 amide bonds. The molecule has 5 rings (SSSR count). The number of nitrogens with zero attached hydrogens (tertiary/aromatic N) is 3. The summed E-state index contributed by atoms with van der Waals surface area (Å²) in [7, 11) is 0. The van der Waals surface area contributed by atoms with Gasteiger partial charge in [-0.1, -0.05) is 0 Å². The molecular formula is C17H17N5O. The van der Waals surface area contributed by atoms with Crippen molar-refractivity contribution in [2.24, 2.45) is 0 Å². The van der Waals surface area contributed by atoms with E-state index in [-0.39, 0.29) is 5.91 Å². The van der Waals surface area contributed by atoms with Crippen LogP contribution >= 0.6 is 0 Å². The molecule has 3 aromatic heterocycles. The van der Waals surface area contributed by atoms with Crippen molar-refractivity contribution < 1.29 is 4.79 Å². The lowest BCUT2D eigenvalue weighted by atomic mass is 9.79. The Labute approximate surface area is 132 Å². The number of H-pyrrole nitrogens is 2. The zero-order chi connectivity index (χ0) is 15.4. The maximum atomic E-state index is 12.8. The predicted octanol–water partition coefficient (Wildman–Crippen LogP) is 2.72. The van der Waals surface area contributed by atoms with Crippen molar-refractivity contribution in [3.63, 3.8) is 0 Å². The second kappa shape index (κ2) is 4.68. The smallest absolute Gasteiger partial charge is 0.270 e. The van der Waals surface area contributed by atoms with Crippen LogP contribution in [0.4, 0.5) is 0 Å². The van der Waals surface area contributed by atoms with Crippen LogP contribution in [0.3, 0.4) is 0 Å².